The van der Waals surface area contributed by atoms with Crippen molar-refractivity contribution in [1.82, 2.24) is 10.3 Å². The summed E-state index contributed by atoms with van der Waals surface area (Å²) < 4.78 is 5.35. The van der Waals surface area contributed by atoms with Gasteiger partial charge in [0.2, 0.25) is 0 Å². The van der Waals surface area contributed by atoms with Gasteiger partial charge in [0.25, 0.3) is 5.91 Å². The fourth-order valence-electron chi connectivity index (χ4n) is 1.85. The van der Waals surface area contributed by atoms with E-state index < -0.39 is 0 Å². The van der Waals surface area contributed by atoms with Crippen molar-refractivity contribution in [3.63, 3.8) is 0 Å². The van der Waals surface area contributed by atoms with Gasteiger partial charge in [0.05, 0.1) is 18.4 Å². The highest BCUT2D eigenvalue weighted by atomic mass is 16.3. The van der Waals surface area contributed by atoms with Crippen LogP contribution in [0.25, 0.3) is 0 Å². The fourth-order valence-corrected chi connectivity index (χ4v) is 1.85. The molecule has 0 saturated carbocycles. The van der Waals surface area contributed by atoms with Crippen molar-refractivity contribution in [1.29, 1.82) is 0 Å². The topological polar surface area (TPSA) is 71.5 Å². The van der Waals surface area contributed by atoms with Crippen molar-refractivity contribution in [2.75, 3.05) is 13.1 Å². The highest BCUT2D eigenvalue weighted by molar-refractivity contribution is 5.94. The van der Waals surface area contributed by atoms with Crippen LogP contribution in [0.4, 0.5) is 0 Å². The predicted octanol–water partition coefficient (Wildman–Crippen LogP) is 1.51. The number of nitrogens with two attached hydrogens (primary N) is 1. The van der Waals surface area contributed by atoms with Crippen LogP contribution in [0.2, 0.25) is 0 Å². The lowest BCUT2D eigenvalue weighted by molar-refractivity contribution is 0.0949. The minimum absolute atomic E-state index is 0.304. The second kappa shape index (κ2) is 7.09. The molecule has 1 amide bonds. The fraction of sp³-hybridized carbons (Fsp3) is 0.583. The number of nitrogens with one attached hydrogen (secondary N) is 1. The van der Waals surface area contributed by atoms with Gasteiger partial charge in [-0.25, -0.2) is 5.84 Å². The van der Waals surface area contributed by atoms with Crippen LogP contribution in [0.5, 0.6) is 0 Å². The van der Waals surface area contributed by atoms with E-state index in [4.69, 9.17) is 10.3 Å². The first-order chi connectivity index (χ1) is 8.22. The molecule has 5 heteroatoms. The molecule has 5 nitrogen and oxygen atoms in total. The zero-order chi connectivity index (χ0) is 12.7. The number of nitrogens with zero attached hydrogens (tertiary/aromatic N) is 1. The monoisotopic (exact) mass is 239 g/mol. The van der Waals surface area contributed by atoms with Crippen molar-refractivity contribution in [2.45, 2.75) is 33.2 Å². The number of hydrogen-bond acceptors (Lipinski definition) is 4. The van der Waals surface area contributed by atoms with Gasteiger partial charge in [-0.3, -0.25) is 15.1 Å². The SMILES string of the molecule is CCCN(CCC)Cc1occc1C(=O)NN. The Hall–Kier alpha value is -1.33. The summed E-state index contributed by atoms with van der Waals surface area (Å²) in [5.41, 5.74) is 2.65. The van der Waals surface area contributed by atoms with E-state index >= 15 is 0 Å². The number of furan rings is 1. The molecule has 0 aliphatic carbocycles. The average Bonchev–Trinajstić information content (AvgIpc) is 2.77. The van der Waals surface area contributed by atoms with E-state index in [1.807, 2.05) is 0 Å². The van der Waals surface area contributed by atoms with Crippen molar-refractivity contribution in [3.8, 4) is 0 Å². The van der Waals surface area contributed by atoms with Crippen molar-refractivity contribution in [3.05, 3.63) is 23.7 Å². The molecule has 1 heterocycles. The van der Waals surface area contributed by atoms with E-state index in [1.54, 1.807) is 6.07 Å². The Morgan fingerprint density at radius 2 is 2.06 bits per heavy atom. The van der Waals surface area contributed by atoms with Crippen LogP contribution in [0.1, 0.15) is 42.8 Å². The zero-order valence-electron chi connectivity index (χ0n) is 10.5. The summed E-state index contributed by atoms with van der Waals surface area (Å²) >= 11 is 0. The van der Waals surface area contributed by atoms with Gasteiger partial charge in [-0.15, -0.1) is 0 Å². The van der Waals surface area contributed by atoms with Crippen LogP contribution < -0.4 is 11.3 Å². The van der Waals surface area contributed by atoms with Gasteiger partial charge in [-0.1, -0.05) is 13.8 Å². The summed E-state index contributed by atoms with van der Waals surface area (Å²) in [6.07, 6.45) is 3.69. The Kier molecular flexibility index (Phi) is 5.72. The third-order valence-corrected chi connectivity index (χ3v) is 2.57. The molecule has 0 spiro atoms. The largest absolute Gasteiger partial charge is 0.467 e. The molecule has 17 heavy (non-hydrogen) atoms. The maximum Gasteiger partial charge on any atom is 0.268 e. The first-order valence-corrected chi connectivity index (χ1v) is 6.02. The molecule has 0 unspecified atom stereocenters. The summed E-state index contributed by atoms with van der Waals surface area (Å²) in [7, 11) is 0. The summed E-state index contributed by atoms with van der Waals surface area (Å²) in [6, 6.07) is 1.65. The van der Waals surface area contributed by atoms with Crippen LogP contribution >= 0.6 is 0 Å². The van der Waals surface area contributed by atoms with Crippen LogP contribution in [-0.4, -0.2) is 23.9 Å². The number of hydrogen-bond donors (Lipinski definition) is 2. The predicted molar refractivity (Wildman–Crippen MR) is 66.2 cm³/mol. The molecule has 0 atom stereocenters. The molecule has 1 aromatic heterocycles. The van der Waals surface area contributed by atoms with Crippen molar-refractivity contribution in [2.24, 2.45) is 5.84 Å². The Morgan fingerprint density at radius 3 is 2.59 bits per heavy atom. The van der Waals surface area contributed by atoms with Crippen LogP contribution in [0.3, 0.4) is 0 Å². The third kappa shape index (κ3) is 3.87. The number of amides is 1. The summed E-state index contributed by atoms with van der Waals surface area (Å²) in [5.74, 6) is 5.50. The molecule has 0 bridgehead atoms. The standard InChI is InChI=1S/C12H21N3O2/c1-3-6-15(7-4-2)9-11-10(5-8-17-11)12(16)14-13/h5,8H,3-4,6-7,9,13H2,1-2H3,(H,14,16). The number of carbonyl (C=O) groups excluding carboxylic acids is 1. The minimum atomic E-state index is -0.304. The molecule has 0 fully saturated rings. The summed E-state index contributed by atoms with van der Waals surface area (Å²) in [6.45, 7) is 6.92. The molecule has 3 N–H and O–H groups in total. The van der Waals surface area contributed by atoms with E-state index in [-0.39, 0.29) is 5.91 Å². The van der Waals surface area contributed by atoms with E-state index in [0.29, 0.717) is 17.9 Å². The smallest absolute Gasteiger partial charge is 0.268 e. The molecule has 0 saturated heterocycles. The quantitative estimate of drug-likeness (QED) is 0.430. The molecule has 0 radical (unpaired) electrons. The molecule has 0 aromatic carbocycles. The van der Waals surface area contributed by atoms with E-state index in [9.17, 15) is 4.79 Å². The average molecular weight is 239 g/mol. The maximum absolute atomic E-state index is 11.5. The van der Waals surface area contributed by atoms with Gasteiger partial charge in [0.1, 0.15) is 5.76 Å². The molecule has 1 rings (SSSR count). The minimum Gasteiger partial charge on any atom is -0.467 e. The Balaban J connectivity index is 2.71. The van der Waals surface area contributed by atoms with Gasteiger partial charge in [-0.05, 0) is 32.0 Å². The van der Waals surface area contributed by atoms with Crippen LogP contribution in [0.15, 0.2) is 16.7 Å². The lowest BCUT2D eigenvalue weighted by Crippen LogP contribution is -2.31. The normalized spacial score (nSPS) is 10.8. The van der Waals surface area contributed by atoms with Gasteiger partial charge in [0.15, 0.2) is 0 Å². The van der Waals surface area contributed by atoms with E-state index in [2.05, 4.69) is 24.2 Å². The maximum atomic E-state index is 11.5. The van der Waals surface area contributed by atoms with Crippen molar-refractivity contribution >= 4 is 5.91 Å². The Labute approximate surface area is 102 Å². The lowest BCUT2D eigenvalue weighted by atomic mass is 10.2. The summed E-state index contributed by atoms with van der Waals surface area (Å²) in [4.78, 5) is 13.7. The van der Waals surface area contributed by atoms with Gasteiger partial charge in [0, 0.05) is 0 Å². The Bertz CT molecular complexity index is 343. The zero-order valence-corrected chi connectivity index (χ0v) is 10.5. The molecule has 0 aliphatic heterocycles. The Morgan fingerprint density at radius 1 is 1.41 bits per heavy atom. The van der Waals surface area contributed by atoms with E-state index in [0.717, 1.165) is 25.9 Å². The first kappa shape index (κ1) is 13.7. The van der Waals surface area contributed by atoms with Gasteiger partial charge < -0.3 is 4.42 Å². The molecule has 1 aromatic rings. The second-order valence-corrected chi connectivity index (χ2v) is 4.01. The highest BCUT2D eigenvalue weighted by Gasteiger charge is 2.15. The lowest BCUT2D eigenvalue weighted by Gasteiger charge is -2.19. The summed E-state index contributed by atoms with van der Waals surface area (Å²) in [5, 5.41) is 0. The highest BCUT2D eigenvalue weighted by Crippen LogP contribution is 2.13. The molecule has 96 valence electrons. The van der Waals surface area contributed by atoms with Gasteiger partial charge >= 0.3 is 0 Å². The third-order valence-electron chi connectivity index (χ3n) is 2.57. The number of carbonyl (C=O) groups is 1. The van der Waals surface area contributed by atoms with Crippen molar-refractivity contribution < 1.29 is 9.21 Å². The first-order valence-electron chi connectivity index (χ1n) is 6.02. The molecular formula is C12H21N3O2. The van der Waals surface area contributed by atoms with E-state index in [1.165, 1.54) is 6.26 Å². The number of hydrazine groups is 1. The van der Waals surface area contributed by atoms with Crippen LogP contribution in [-0.2, 0) is 6.54 Å². The number of rotatable bonds is 7. The van der Waals surface area contributed by atoms with Gasteiger partial charge in [-0.2, -0.15) is 0 Å². The molecule has 0 aliphatic rings. The molecular weight excluding hydrogens is 218 g/mol. The number of nitrogen functional groups attached to an aromatic ring is 1. The van der Waals surface area contributed by atoms with Crippen LogP contribution in [0, 0.1) is 0 Å². The second-order valence-electron chi connectivity index (χ2n) is 4.01.